The van der Waals surface area contributed by atoms with Gasteiger partial charge in [0.1, 0.15) is 0 Å². The van der Waals surface area contributed by atoms with Crippen molar-refractivity contribution in [2.75, 3.05) is 18.0 Å². The second-order valence-electron chi connectivity index (χ2n) is 6.51. The first-order chi connectivity index (χ1) is 11.9. The standard InChI is InChI=1S/C23H23N/c1-4-10-19(11-5-1)22-15-14-21(24-16-8-3-9-17-24)18-23(22)20-12-6-2-7-13-20/h1-2,4-7,10-15,18H,3,8-9,16-17H2. The number of hydrogen-bond acceptors (Lipinski definition) is 1. The van der Waals surface area contributed by atoms with Gasteiger partial charge in [-0.25, -0.2) is 0 Å². The first-order valence-corrected chi connectivity index (χ1v) is 8.92. The highest BCUT2D eigenvalue weighted by Gasteiger charge is 2.14. The molecule has 1 saturated heterocycles. The molecule has 120 valence electrons. The van der Waals surface area contributed by atoms with Crippen LogP contribution in [0.2, 0.25) is 0 Å². The molecule has 4 rings (SSSR count). The van der Waals surface area contributed by atoms with E-state index in [4.69, 9.17) is 0 Å². The molecule has 24 heavy (non-hydrogen) atoms. The van der Waals surface area contributed by atoms with Gasteiger partial charge in [0.15, 0.2) is 0 Å². The fourth-order valence-electron chi connectivity index (χ4n) is 3.61. The van der Waals surface area contributed by atoms with Gasteiger partial charge in [-0.1, -0.05) is 66.7 Å². The molecule has 0 unspecified atom stereocenters. The molecule has 0 N–H and O–H groups in total. The van der Waals surface area contributed by atoms with E-state index in [9.17, 15) is 0 Å². The van der Waals surface area contributed by atoms with Crippen LogP contribution in [0.1, 0.15) is 19.3 Å². The topological polar surface area (TPSA) is 3.24 Å². The summed E-state index contributed by atoms with van der Waals surface area (Å²) in [6, 6.07) is 28.4. The zero-order chi connectivity index (χ0) is 16.2. The zero-order valence-corrected chi connectivity index (χ0v) is 14.0. The smallest absolute Gasteiger partial charge is 0.0372 e. The maximum atomic E-state index is 2.53. The van der Waals surface area contributed by atoms with Gasteiger partial charge in [0.05, 0.1) is 0 Å². The lowest BCUT2D eigenvalue weighted by Crippen LogP contribution is -2.29. The predicted octanol–water partition coefficient (Wildman–Crippen LogP) is 6.01. The first-order valence-electron chi connectivity index (χ1n) is 8.92. The SMILES string of the molecule is c1ccc(-c2ccc(N3CCCCC3)cc2-c2ccccc2)cc1. The molecule has 1 aliphatic heterocycles. The fraction of sp³-hybridized carbons (Fsp3) is 0.217. The molecule has 3 aromatic rings. The van der Waals surface area contributed by atoms with Gasteiger partial charge < -0.3 is 4.90 Å². The summed E-state index contributed by atoms with van der Waals surface area (Å²) in [5.74, 6) is 0. The first kappa shape index (κ1) is 15.0. The van der Waals surface area contributed by atoms with Gasteiger partial charge in [-0.3, -0.25) is 0 Å². The monoisotopic (exact) mass is 313 g/mol. The summed E-state index contributed by atoms with van der Waals surface area (Å²) in [4.78, 5) is 2.53. The minimum atomic E-state index is 1.18. The number of piperidine rings is 1. The van der Waals surface area contributed by atoms with E-state index in [1.165, 1.54) is 60.3 Å². The molecule has 0 amide bonds. The van der Waals surface area contributed by atoms with E-state index < -0.39 is 0 Å². The predicted molar refractivity (Wildman–Crippen MR) is 103 cm³/mol. The second kappa shape index (κ2) is 6.92. The molecule has 0 aromatic heterocycles. The minimum absolute atomic E-state index is 1.18. The Kier molecular flexibility index (Phi) is 4.33. The van der Waals surface area contributed by atoms with Crippen molar-refractivity contribution in [1.29, 1.82) is 0 Å². The van der Waals surface area contributed by atoms with Crippen LogP contribution < -0.4 is 4.90 Å². The van der Waals surface area contributed by atoms with Crippen LogP contribution in [0.15, 0.2) is 78.9 Å². The normalized spacial score (nSPS) is 14.6. The van der Waals surface area contributed by atoms with Crippen molar-refractivity contribution in [2.24, 2.45) is 0 Å². The van der Waals surface area contributed by atoms with E-state index in [0.717, 1.165) is 0 Å². The van der Waals surface area contributed by atoms with Crippen molar-refractivity contribution >= 4 is 5.69 Å². The van der Waals surface area contributed by atoms with Gasteiger partial charge in [-0.2, -0.15) is 0 Å². The molecule has 1 heterocycles. The molecular formula is C23H23N. The lowest BCUT2D eigenvalue weighted by atomic mass is 9.93. The lowest BCUT2D eigenvalue weighted by Gasteiger charge is -2.29. The van der Waals surface area contributed by atoms with Gasteiger partial charge >= 0.3 is 0 Å². The van der Waals surface area contributed by atoms with Gasteiger partial charge in [0, 0.05) is 18.8 Å². The fourth-order valence-corrected chi connectivity index (χ4v) is 3.61. The van der Waals surface area contributed by atoms with Crippen molar-refractivity contribution in [3.63, 3.8) is 0 Å². The number of anilines is 1. The molecule has 0 bridgehead atoms. The quantitative estimate of drug-likeness (QED) is 0.572. The third-order valence-electron chi connectivity index (χ3n) is 4.89. The van der Waals surface area contributed by atoms with Gasteiger partial charge in [-0.05, 0) is 53.6 Å². The summed E-state index contributed by atoms with van der Waals surface area (Å²) in [5, 5.41) is 0. The maximum absolute atomic E-state index is 2.53. The van der Waals surface area contributed by atoms with Crippen molar-refractivity contribution in [3.05, 3.63) is 78.9 Å². The molecule has 1 heteroatoms. The van der Waals surface area contributed by atoms with Gasteiger partial charge in [-0.15, -0.1) is 0 Å². The summed E-state index contributed by atoms with van der Waals surface area (Å²) >= 11 is 0. The Morgan fingerprint density at radius 2 is 1.12 bits per heavy atom. The average Bonchev–Trinajstić information content (AvgIpc) is 2.69. The number of benzene rings is 3. The summed E-state index contributed by atoms with van der Waals surface area (Å²) in [6.45, 7) is 2.36. The lowest BCUT2D eigenvalue weighted by molar-refractivity contribution is 0.578. The van der Waals surface area contributed by atoms with Crippen molar-refractivity contribution in [2.45, 2.75) is 19.3 Å². The highest BCUT2D eigenvalue weighted by molar-refractivity contribution is 5.86. The Balaban J connectivity index is 1.82. The summed E-state index contributed by atoms with van der Waals surface area (Å²) < 4.78 is 0. The second-order valence-corrected chi connectivity index (χ2v) is 6.51. The Bertz CT molecular complexity index is 787. The van der Waals surface area contributed by atoms with E-state index in [2.05, 4.69) is 83.8 Å². The van der Waals surface area contributed by atoms with Crippen LogP contribution in [-0.2, 0) is 0 Å². The largest absolute Gasteiger partial charge is 0.372 e. The van der Waals surface area contributed by atoms with E-state index in [0.29, 0.717) is 0 Å². The molecule has 0 aliphatic carbocycles. The zero-order valence-electron chi connectivity index (χ0n) is 14.0. The number of hydrogen-bond donors (Lipinski definition) is 0. The Hall–Kier alpha value is -2.54. The van der Waals surface area contributed by atoms with Crippen LogP contribution in [0.4, 0.5) is 5.69 Å². The molecule has 1 nitrogen and oxygen atoms in total. The summed E-state index contributed by atoms with van der Waals surface area (Å²) in [5.41, 5.74) is 6.55. The van der Waals surface area contributed by atoms with E-state index in [-0.39, 0.29) is 0 Å². The van der Waals surface area contributed by atoms with Gasteiger partial charge in [0.2, 0.25) is 0 Å². The van der Waals surface area contributed by atoms with Crippen LogP contribution in [0.25, 0.3) is 22.3 Å². The molecule has 0 saturated carbocycles. The van der Waals surface area contributed by atoms with Crippen LogP contribution >= 0.6 is 0 Å². The van der Waals surface area contributed by atoms with Gasteiger partial charge in [0.25, 0.3) is 0 Å². The van der Waals surface area contributed by atoms with Crippen LogP contribution in [-0.4, -0.2) is 13.1 Å². The molecular weight excluding hydrogens is 290 g/mol. The Morgan fingerprint density at radius 1 is 0.542 bits per heavy atom. The number of nitrogens with zero attached hydrogens (tertiary/aromatic N) is 1. The van der Waals surface area contributed by atoms with Crippen molar-refractivity contribution in [1.82, 2.24) is 0 Å². The molecule has 1 fully saturated rings. The molecule has 0 radical (unpaired) electrons. The Morgan fingerprint density at radius 3 is 1.75 bits per heavy atom. The highest BCUT2D eigenvalue weighted by atomic mass is 15.1. The average molecular weight is 313 g/mol. The van der Waals surface area contributed by atoms with Crippen LogP contribution in [0.3, 0.4) is 0 Å². The molecule has 1 aliphatic rings. The van der Waals surface area contributed by atoms with Crippen molar-refractivity contribution in [3.8, 4) is 22.3 Å². The van der Waals surface area contributed by atoms with E-state index >= 15 is 0 Å². The Labute approximate surface area is 144 Å². The molecule has 0 atom stereocenters. The number of rotatable bonds is 3. The van der Waals surface area contributed by atoms with E-state index in [1.807, 2.05) is 0 Å². The molecule has 0 spiro atoms. The third kappa shape index (κ3) is 3.07. The highest BCUT2D eigenvalue weighted by Crippen LogP contribution is 2.35. The summed E-state index contributed by atoms with van der Waals surface area (Å²) in [7, 11) is 0. The van der Waals surface area contributed by atoms with E-state index in [1.54, 1.807) is 0 Å². The maximum Gasteiger partial charge on any atom is 0.0372 e. The van der Waals surface area contributed by atoms with Crippen LogP contribution in [0.5, 0.6) is 0 Å². The third-order valence-corrected chi connectivity index (χ3v) is 4.89. The molecule has 3 aromatic carbocycles. The summed E-state index contributed by atoms with van der Waals surface area (Å²) in [6.07, 6.45) is 3.98. The minimum Gasteiger partial charge on any atom is -0.372 e. The van der Waals surface area contributed by atoms with Crippen LogP contribution in [0, 0.1) is 0 Å². The van der Waals surface area contributed by atoms with Crippen molar-refractivity contribution < 1.29 is 0 Å².